The van der Waals surface area contributed by atoms with E-state index in [1.807, 2.05) is 0 Å². The van der Waals surface area contributed by atoms with Crippen molar-refractivity contribution in [3.63, 3.8) is 0 Å². The number of unbranched alkanes of at least 4 members (excludes halogenated alkanes) is 2. The van der Waals surface area contributed by atoms with Gasteiger partial charge >= 0.3 is 0 Å². The van der Waals surface area contributed by atoms with Gasteiger partial charge in [0, 0.05) is 0 Å². The summed E-state index contributed by atoms with van der Waals surface area (Å²) in [5, 5.41) is 0. The number of benzene rings is 2. The van der Waals surface area contributed by atoms with Crippen molar-refractivity contribution in [2.45, 2.75) is 64.6 Å². The predicted molar refractivity (Wildman–Crippen MR) is 108 cm³/mol. The molecular weight excluding hydrogens is 320 g/mol. The molecule has 2 aromatic carbocycles. The third kappa shape index (κ3) is 5.18. The van der Waals surface area contributed by atoms with E-state index >= 15 is 0 Å². The van der Waals surface area contributed by atoms with Gasteiger partial charge in [-0.15, -0.1) is 0 Å². The first-order chi connectivity index (χ1) is 12.8. The molecule has 0 radical (unpaired) electrons. The van der Waals surface area contributed by atoms with Gasteiger partial charge in [-0.2, -0.15) is 0 Å². The van der Waals surface area contributed by atoms with E-state index in [1.54, 1.807) is 0 Å². The Morgan fingerprint density at radius 3 is 2.00 bits per heavy atom. The van der Waals surface area contributed by atoms with Gasteiger partial charge in [0.05, 0.1) is 19.3 Å². The van der Waals surface area contributed by atoms with E-state index in [1.165, 1.54) is 54.4 Å². The summed E-state index contributed by atoms with van der Waals surface area (Å²) in [6.07, 6.45) is 7.56. The molecular formula is C24H32O2. The number of rotatable bonds is 8. The third-order valence-corrected chi connectivity index (χ3v) is 5.23. The molecule has 1 fully saturated rings. The van der Waals surface area contributed by atoms with Crippen LogP contribution in [0, 0.1) is 0 Å². The minimum absolute atomic E-state index is 0.0679. The van der Waals surface area contributed by atoms with Crippen LogP contribution >= 0.6 is 0 Å². The van der Waals surface area contributed by atoms with Crippen molar-refractivity contribution < 1.29 is 9.47 Å². The summed E-state index contributed by atoms with van der Waals surface area (Å²) in [7, 11) is 0. The number of hydrogen-bond acceptors (Lipinski definition) is 2. The second-order valence-electron chi connectivity index (χ2n) is 7.34. The van der Waals surface area contributed by atoms with Gasteiger partial charge in [-0.05, 0) is 41.5 Å². The highest BCUT2D eigenvalue weighted by atomic mass is 16.6. The summed E-state index contributed by atoms with van der Waals surface area (Å²) in [4.78, 5) is 0. The monoisotopic (exact) mass is 352 g/mol. The lowest BCUT2D eigenvalue weighted by atomic mass is 9.99. The first-order valence-corrected chi connectivity index (χ1v) is 10.2. The largest absolute Gasteiger partial charge is 0.373 e. The predicted octanol–water partition coefficient (Wildman–Crippen LogP) is 6.34. The van der Waals surface area contributed by atoms with Crippen LogP contribution < -0.4 is 0 Å². The van der Waals surface area contributed by atoms with E-state index in [0.29, 0.717) is 13.2 Å². The van der Waals surface area contributed by atoms with Crippen LogP contribution in [0.1, 0.15) is 63.2 Å². The molecule has 0 saturated carbocycles. The smallest absolute Gasteiger partial charge is 0.106 e. The highest BCUT2D eigenvalue weighted by molar-refractivity contribution is 5.64. The van der Waals surface area contributed by atoms with Crippen LogP contribution in [0.5, 0.6) is 0 Å². The van der Waals surface area contributed by atoms with Crippen molar-refractivity contribution in [2.24, 2.45) is 0 Å². The summed E-state index contributed by atoms with van der Waals surface area (Å²) in [5.74, 6) is 0. The molecule has 140 valence electrons. The van der Waals surface area contributed by atoms with E-state index in [4.69, 9.17) is 9.47 Å². The Labute approximate surface area is 158 Å². The maximum absolute atomic E-state index is 6.05. The van der Waals surface area contributed by atoms with E-state index in [9.17, 15) is 0 Å². The van der Waals surface area contributed by atoms with Crippen LogP contribution in [0.25, 0.3) is 11.1 Å². The topological polar surface area (TPSA) is 18.5 Å². The van der Waals surface area contributed by atoms with Crippen molar-refractivity contribution in [3.05, 3.63) is 59.7 Å². The third-order valence-electron chi connectivity index (χ3n) is 5.23. The van der Waals surface area contributed by atoms with E-state index in [0.717, 1.165) is 6.42 Å². The number of aryl methyl sites for hydroxylation is 1. The minimum atomic E-state index is 0.0679. The van der Waals surface area contributed by atoms with E-state index in [-0.39, 0.29) is 12.2 Å². The summed E-state index contributed by atoms with van der Waals surface area (Å²) in [5.41, 5.74) is 5.17. The molecule has 1 aliphatic rings. The van der Waals surface area contributed by atoms with Gasteiger partial charge in [0.2, 0.25) is 0 Å². The van der Waals surface area contributed by atoms with Gasteiger partial charge in [-0.25, -0.2) is 0 Å². The van der Waals surface area contributed by atoms with Gasteiger partial charge in [-0.1, -0.05) is 81.6 Å². The Morgan fingerprint density at radius 1 is 0.769 bits per heavy atom. The molecule has 1 aliphatic heterocycles. The lowest BCUT2D eigenvalue weighted by Gasteiger charge is -2.30. The molecule has 2 nitrogen and oxygen atoms in total. The average molecular weight is 353 g/mol. The van der Waals surface area contributed by atoms with Crippen LogP contribution in [0.4, 0.5) is 0 Å². The second-order valence-corrected chi connectivity index (χ2v) is 7.34. The molecule has 0 spiro atoms. The minimum Gasteiger partial charge on any atom is -0.373 e. The zero-order valence-electron chi connectivity index (χ0n) is 16.2. The van der Waals surface area contributed by atoms with Crippen molar-refractivity contribution in [1.29, 1.82) is 0 Å². The van der Waals surface area contributed by atoms with Crippen LogP contribution in [0.15, 0.2) is 48.5 Å². The second kappa shape index (κ2) is 9.89. The average Bonchev–Trinajstić information content (AvgIpc) is 2.72. The molecule has 2 aromatic rings. The Morgan fingerprint density at radius 2 is 1.42 bits per heavy atom. The Bertz CT molecular complexity index is 637. The maximum atomic E-state index is 6.05. The fourth-order valence-corrected chi connectivity index (χ4v) is 3.47. The first-order valence-electron chi connectivity index (χ1n) is 10.2. The standard InChI is InChI=1S/C24H32O2/c1-3-5-7-19-9-11-20(12-10-19)21-13-15-22(16-14-21)24-18-25-23(17-26-24)8-6-4-2/h9-16,23-24H,3-8,17-18H2,1-2H3. The molecule has 0 aliphatic carbocycles. The fourth-order valence-electron chi connectivity index (χ4n) is 3.47. The Balaban J connectivity index is 1.57. The highest BCUT2D eigenvalue weighted by Gasteiger charge is 2.23. The molecule has 2 atom stereocenters. The highest BCUT2D eigenvalue weighted by Crippen LogP contribution is 2.27. The van der Waals surface area contributed by atoms with Gasteiger partial charge in [0.1, 0.15) is 6.10 Å². The van der Waals surface area contributed by atoms with Gasteiger partial charge in [0.25, 0.3) is 0 Å². The lowest BCUT2D eigenvalue weighted by molar-refractivity contribution is -0.137. The van der Waals surface area contributed by atoms with Gasteiger partial charge < -0.3 is 9.47 Å². The normalized spacial score (nSPS) is 20.2. The summed E-state index contributed by atoms with van der Waals surface area (Å²) in [6, 6.07) is 17.7. The van der Waals surface area contributed by atoms with Crippen molar-refractivity contribution in [1.82, 2.24) is 0 Å². The molecule has 2 heteroatoms. The van der Waals surface area contributed by atoms with Gasteiger partial charge in [-0.3, -0.25) is 0 Å². The number of hydrogen-bond donors (Lipinski definition) is 0. The molecule has 0 N–H and O–H groups in total. The van der Waals surface area contributed by atoms with E-state index in [2.05, 4.69) is 62.4 Å². The maximum Gasteiger partial charge on any atom is 0.106 e. The molecule has 0 aromatic heterocycles. The van der Waals surface area contributed by atoms with Gasteiger partial charge in [0.15, 0.2) is 0 Å². The van der Waals surface area contributed by atoms with Crippen molar-refractivity contribution in [3.8, 4) is 11.1 Å². The molecule has 26 heavy (non-hydrogen) atoms. The van der Waals surface area contributed by atoms with Crippen molar-refractivity contribution >= 4 is 0 Å². The summed E-state index contributed by atoms with van der Waals surface area (Å²) in [6.45, 7) is 5.83. The molecule has 2 unspecified atom stereocenters. The summed E-state index contributed by atoms with van der Waals surface area (Å²) < 4.78 is 12.0. The quantitative estimate of drug-likeness (QED) is 0.551. The zero-order chi connectivity index (χ0) is 18.2. The van der Waals surface area contributed by atoms with Crippen LogP contribution in [0.2, 0.25) is 0 Å². The van der Waals surface area contributed by atoms with Crippen LogP contribution in [-0.4, -0.2) is 19.3 Å². The van der Waals surface area contributed by atoms with Crippen molar-refractivity contribution in [2.75, 3.05) is 13.2 Å². The number of ether oxygens (including phenoxy) is 2. The molecule has 0 bridgehead atoms. The molecule has 0 amide bonds. The fraction of sp³-hybridized carbons (Fsp3) is 0.500. The van der Waals surface area contributed by atoms with E-state index < -0.39 is 0 Å². The molecule has 3 rings (SSSR count). The summed E-state index contributed by atoms with van der Waals surface area (Å²) >= 11 is 0. The lowest BCUT2D eigenvalue weighted by Crippen LogP contribution is -2.31. The molecule has 1 heterocycles. The zero-order valence-corrected chi connectivity index (χ0v) is 16.2. The van der Waals surface area contributed by atoms with Crippen LogP contribution in [-0.2, 0) is 15.9 Å². The first kappa shape index (κ1) is 19.1. The Hall–Kier alpha value is -1.64. The molecule has 1 saturated heterocycles. The SMILES string of the molecule is CCCCc1ccc(-c2ccc(C3COC(CCCC)CO3)cc2)cc1. The van der Waals surface area contributed by atoms with Crippen LogP contribution in [0.3, 0.4) is 0 Å². The Kier molecular flexibility index (Phi) is 7.28.